The summed E-state index contributed by atoms with van der Waals surface area (Å²) >= 11 is 0. The lowest BCUT2D eigenvalue weighted by atomic mass is 10.1. The van der Waals surface area contributed by atoms with Gasteiger partial charge in [0.25, 0.3) is 0 Å². The molecule has 0 aliphatic carbocycles. The van der Waals surface area contributed by atoms with Crippen LogP contribution in [0, 0.1) is 6.92 Å². The van der Waals surface area contributed by atoms with E-state index in [4.69, 9.17) is 10.2 Å². The molecule has 144 valence electrons. The van der Waals surface area contributed by atoms with Crippen LogP contribution in [-0.4, -0.2) is 67.5 Å². The van der Waals surface area contributed by atoms with Crippen LogP contribution in [0.25, 0.3) is 22.8 Å². The first-order valence-corrected chi connectivity index (χ1v) is 9.29. The summed E-state index contributed by atoms with van der Waals surface area (Å²) in [4.78, 5) is 14.5. The van der Waals surface area contributed by atoms with Crippen LogP contribution in [0.5, 0.6) is 0 Å². The van der Waals surface area contributed by atoms with Crippen molar-refractivity contribution in [1.82, 2.24) is 24.4 Å². The Bertz CT molecular complexity index is 822. The molecule has 1 aromatic carbocycles. The first kappa shape index (κ1) is 19.3. The number of aryl methyl sites for hydroxylation is 2. The third-order valence-corrected chi connectivity index (χ3v) is 4.52. The second-order valence-corrected chi connectivity index (χ2v) is 6.56. The molecule has 0 bridgehead atoms. The number of benzene rings is 1. The minimum Gasteiger partial charge on any atom is -0.395 e. The summed E-state index contributed by atoms with van der Waals surface area (Å²) in [6.45, 7) is 4.91. The molecule has 3 N–H and O–H groups in total. The predicted molar refractivity (Wildman–Crippen MR) is 105 cm³/mol. The maximum Gasteiger partial charge on any atom is 0.156 e. The zero-order valence-electron chi connectivity index (χ0n) is 15.7. The van der Waals surface area contributed by atoms with Crippen LogP contribution in [0.3, 0.4) is 0 Å². The number of nitrogens with zero attached hydrogens (tertiary/aromatic N) is 4. The summed E-state index contributed by atoms with van der Waals surface area (Å²) in [7, 11) is 0. The minimum absolute atomic E-state index is 0.0974. The van der Waals surface area contributed by atoms with Gasteiger partial charge in [-0.3, -0.25) is 4.90 Å². The van der Waals surface area contributed by atoms with Crippen LogP contribution in [0.2, 0.25) is 0 Å². The maximum absolute atomic E-state index is 9.15. The standard InChI is InChI=1S/C20H27N5O2/c1-16-14-21-20(23-16)19-18(17-6-3-2-4-7-17)22-15-25(19)9-5-8-24(10-12-26)11-13-27/h2-4,6-7,14-15,26-27H,5,8-13H2,1H3,(H,21,23). The number of aliphatic hydroxyl groups is 2. The largest absolute Gasteiger partial charge is 0.395 e. The van der Waals surface area contributed by atoms with Crippen LogP contribution < -0.4 is 0 Å². The van der Waals surface area contributed by atoms with Gasteiger partial charge in [-0.1, -0.05) is 30.3 Å². The van der Waals surface area contributed by atoms with E-state index in [0.29, 0.717) is 13.1 Å². The first-order valence-electron chi connectivity index (χ1n) is 9.29. The quantitative estimate of drug-likeness (QED) is 0.508. The Hall–Kier alpha value is -2.48. The molecule has 0 radical (unpaired) electrons. The molecule has 3 aromatic rings. The van der Waals surface area contributed by atoms with E-state index in [-0.39, 0.29) is 13.2 Å². The summed E-state index contributed by atoms with van der Waals surface area (Å²) in [5, 5.41) is 18.3. The molecule has 0 aliphatic rings. The van der Waals surface area contributed by atoms with Crippen LogP contribution in [0.4, 0.5) is 0 Å². The zero-order chi connectivity index (χ0) is 19.1. The lowest BCUT2D eigenvalue weighted by Gasteiger charge is -2.20. The fourth-order valence-corrected chi connectivity index (χ4v) is 3.22. The Kier molecular flexibility index (Phi) is 6.75. The Labute approximate surface area is 159 Å². The van der Waals surface area contributed by atoms with Gasteiger partial charge in [-0.2, -0.15) is 0 Å². The summed E-state index contributed by atoms with van der Waals surface area (Å²) in [6, 6.07) is 10.1. The number of hydrogen-bond donors (Lipinski definition) is 3. The highest BCUT2D eigenvalue weighted by molar-refractivity contribution is 5.75. The third-order valence-electron chi connectivity index (χ3n) is 4.52. The van der Waals surface area contributed by atoms with Crippen molar-refractivity contribution >= 4 is 0 Å². The van der Waals surface area contributed by atoms with E-state index in [0.717, 1.165) is 48.0 Å². The number of aromatic nitrogens is 4. The number of rotatable bonds is 10. The second-order valence-electron chi connectivity index (χ2n) is 6.56. The van der Waals surface area contributed by atoms with Crippen molar-refractivity contribution in [1.29, 1.82) is 0 Å². The fourth-order valence-electron chi connectivity index (χ4n) is 3.22. The second kappa shape index (κ2) is 9.45. The molecule has 0 amide bonds. The number of aromatic amines is 1. The molecule has 0 saturated carbocycles. The van der Waals surface area contributed by atoms with Crippen molar-refractivity contribution in [3.63, 3.8) is 0 Å². The van der Waals surface area contributed by atoms with Gasteiger partial charge in [-0.05, 0) is 13.3 Å². The molecule has 0 atom stereocenters. The molecule has 0 aliphatic heterocycles. The first-order chi connectivity index (χ1) is 13.2. The molecule has 0 saturated heterocycles. The molecule has 27 heavy (non-hydrogen) atoms. The van der Waals surface area contributed by atoms with E-state index in [1.165, 1.54) is 0 Å². The highest BCUT2D eigenvalue weighted by atomic mass is 16.3. The van der Waals surface area contributed by atoms with E-state index in [9.17, 15) is 0 Å². The number of H-pyrrole nitrogens is 1. The van der Waals surface area contributed by atoms with Gasteiger partial charge in [0.1, 0.15) is 5.69 Å². The molecule has 2 aromatic heterocycles. The van der Waals surface area contributed by atoms with Gasteiger partial charge in [0.05, 0.1) is 25.2 Å². The predicted octanol–water partition coefficient (Wildman–Crippen LogP) is 1.93. The van der Waals surface area contributed by atoms with Crippen molar-refractivity contribution in [2.75, 3.05) is 32.8 Å². The van der Waals surface area contributed by atoms with Crippen molar-refractivity contribution in [3.8, 4) is 22.8 Å². The molecule has 2 heterocycles. The van der Waals surface area contributed by atoms with Crippen molar-refractivity contribution in [3.05, 3.63) is 48.5 Å². The van der Waals surface area contributed by atoms with Gasteiger partial charge in [0.2, 0.25) is 0 Å². The van der Waals surface area contributed by atoms with Crippen LogP contribution >= 0.6 is 0 Å². The Morgan fingerprint density at radius 1 is 1.04 bits per heavy atom. The van der Waals surface area contributed by atoms with Crippen molar-refractivity contribution < 1.29 is 10.2 Å². The third kappa shape index (κ3) is 4.82. The SMILES string of the molecule is Cc1cnc(-c2c(-c3ccccc3)ncn2CCCN(CCO)CCO)[nH]1. The average molecular weight is 369 g/mol. The highest BCUT2D eigenvalue weighted by Crippen LogP contribution is 2.29. The van der Waals surface area contributed by atoms with Crippen LogP contribution in [-0.2, 0) is 6.54 Å². The smallest absolute Gasteiger partial charge is 0.156 e. The van der Waals surface area contributed by atoms with Gasteiger partial charge in [0, 0.05) is 43.6 Å². The minimum atomic E-state index is 0.0974. The molecular formula is C20H27N5O2. The summed E-state index contributed by atoms with van der Waals surface area (Å²) in [5.41, 5.74) is 3.95. The number of aliphatic hydroxyl groups excluding tert-OH is 2. The zero-order valence-corrected chi connectivity index (χ0v) is 15.7. The highest BCUT2D eigenvalue weighted by Gasteiger charge is 2.17. The molecule has 7 nitrogen and oxygen atoms in total. The number of hydrogen-bond acceptors (Lipinski definition) is 5. The monoisotopic (exact) mass is 369 g/mol. The topological polar surface area (TPSA) is 90.2 Å². The van der Waals surface area contributed by atoms with Gasteiger partial charge in [-0.25, -0.2) is 9.97 Å². The molecular weight excluding hydrogens is 342 g/mol. The van der Waals surface area contributed by atoms with Gasteiger partial charge in [-0.15, -0.1) is 0 Å². The van der Waals surface area contributed by atoms with E-state index in [1.54, 1.807) is 0 Å². The van der Waals surface area contributed by atoms with E-state index < -0.39 is 0 Å². The summed E-state index contributed by atoms with van der Waals surface area (Å²) in [5.74, 6) is 0.812. The molecule has 0 spiro atoms. The Morgan fingerprint density at radius 3 is 2.41 bits per heavy atom. The number of nitrogens with one attached hydrogen (secondary N) is 1. The molecule has 0 fully saturated rings. The van der Waals surface area contributed by atoms with E-state index in [1.807, 2.05) is 37.6 Å². The molecule has 7 heteroatoms. The maximum atomic E-state index is 9.15. The van der Waals surface area contributed by atoms with Crippen LogP contribution in [0.15, 0.2) is 42.9 Å². The van der Waals surface area contributed by atoms with Crippen LogP contribution in [0.1, 0.15) is 12.1 Å². The molecule has 3 rings (SSSR count). The van der Waals surface area contributed by atoms with Crippen molar-refractivity contribution in [2.24, 2.45) is 0 Å². The number of imidazole rings is 2. The molecule has 0 unspecified atom stereocenters. The Balaban J connectivity index is 1.82. The van der Waals surface area contributed by atoms with E-state index >= 15 is 0 Å². The summed E-state index contributed by atoms with van der Waals surface area (Å²) in [6.07, 6.45) is 4.57. The van der Waals surface area contributed by atoms with Gasteiger partial charge >= 0.3 is 0 Å². The van der Waals surface area contributed by atoms with Crippen molar-refractivity contribution in [2.45, 2.75) is 19.9 Å². The lowest BCUT2D eigenvalue weighted by molar-refractivity contribution is 0.158. The van der Waals surface area contributed by atoms with E-state index in [2.05, 4.69) is 36.6 Å². The summed E-state index contributed by atoms with van der Waals surface area (Å²) < 4.78 is 2.12. The lowest BCUT2D eigenvalue weighted by Crippen LogP contribution is -2.31. The Morgan fingerprint density at radius 2 is 1.78 bits per heavy atom. The van der Waals surface area contributed by atoms with Gasteiger partial charge in [0.15, 0.2) is 5.82 Å². The fraction of sp³-hybridized carbons (Fsp3) is 0.400. The normalized spacial score (nSPS) is 11.4. The average Bonchev–Trinajstić information content (AvgIpc) is 3.29. The van der Waals surface area contributed by atoms with Gasteiger partial charge < -0.3 is 19.8 Å².